The molecule has 1 aromatic heterocycles. The fraction of sp³-hybridized carbons (Fsp3) is 0.238. The molecule has 1 heterocycles. The third kappa shape index (κ3) is 3.79. The van der Waals surface area contributed by atoms with E-state index in [1.165, 1.54) is 6.07 Å². The molecule has 0 spiro atoms. The molecular weight excluding hydrogens is 344 g/mol. The Hall–Kier alpha value is -3.28. The molecule has 0 fully saturated rings. The van der Waals surface area contributed by atoms with Crippen LogP contribution < -0.4 is 15.0 Å². The maximum Gasteiger partial charge on any atom is 0.255 e. The number of pyridine rings is 1. The van der Waals surface area contributed by atoms with E-state index < -0.39 is 0 Å². The molecule has 140 valence electrons. The van der Waals surface area contributed by atoms with Crippen molar-refractivity contribution in [3.05, 3.63) is 70.0 Å². The van der Waals surface area contributed by atoms with Gasteiger partial charge in [-0.1, -0.05) is 24.3 Å². The highest BCUT2D eigenvalue weighted by Crippen LogP contribution is 2.28. The Kier molecular flexibility index (Phi) is 5.45. The molecule has 0 radical (unpaired) electrons. The van der Waals surface area contributed by atoms with Gasteiger partial charge in [0.05, 0.1) is 19.8 Å². The van der Waals surface area contributed by atoms with E-state index >= 15 is 0 Å². The lowest BCUT2D eigenvalue weighted by atomic mass is 10.1. The summed E-state index contributed by atoms with van der Waals surface area (Å²) >= 11 is 0. The van der Waals surface area contributed by atoms with E-state index in [0.717, 1.165) is 10.9 Å². The maximum atomic E-state index is 13.1. The Labute approximate surface area is 157 Å². The molecule has 6 nitrogen and oxygen atoms in total. The molecule has 0 saturated heterocycles. The number of benzene rings is 2. The van der Waals surface area contributed by atoms with Crippen molar-refractivity contribution in [2.24, 2.45) is 0 Å². The second-order valence-corrected chi connectivity index (χ2v) is 6.10. The summed E-state index contributed by atoms with van der Waals surface area (Å²) in [4.78, 5) is 29.6. The average molecular weight is 366 g/mol. The number of amides is 1. The highest BCUT2D eigenvalue weighted by atomic mass is 16.5. The van der Waals surface area contributed by atoms with Crippen molar-refractivity contribution in [2.45, 2.75) is 13.5 Å². The van der Waals surface area contributed by atoms with E-state index in [1.807, 2.05) is 43.3 Å². The van der Waals surface area contributed by atoms with Gasteiger partial charge in [0.25, 0.3) is 5.91 Å². The van der Waals surface area contributed by atoms with E-state index in [0.29, 0.717) is 35.7 Å². The van der Waals surface area contributed by atoms with Crippen molar-refractivity contribution in [3.63, 3.8) is 0 Å². The zero-order valence-corrected chi connectivity index (χ0v) is 15.6. The van der Waals surface area contributed by atoms with Crippen LogP contribution in [0.15, 0.2) is 53.3 Å². The molecule has 0 unspecified atom stereocenters. The predicted octanol–water partition coefficient (Wildman–Crippen LogP) is 3.21. The number of rotatable bonds is 6. The van der Waals surface area contributed by atoms with Crippen LogP contribution in [0.5, 0.6) is 11.5 Å². The summed E-state index contributed by atoms with van der Waals surface area (Å²) in [6.07, 6.45) is 0. The largest absolute Gasteiger partial charge is 0.493 e. The monoisotopic (exact) mass is 366 g/mol. The Morgan fingerprint density at radius 2 is 1.78 bits per heavy atom. The van der Waals surface area contributed by atoms with E-state index in [1.54, 1.807) is 25.2 Å². The molecule has 0 aliphatic carbocycles. The predicted molar refractivity (Wildman–Crippen MR) is 105 cm³/mol. The molecule has 6 heteroatoms. The Bertz CT molecular complexity index is 1030. The van der Waals surface area contributed by atoms with Crippen molar-refractivity contribution in [2.75, 3.05) is 20.8 Å². The number of carbonyl (C=O) groups excluding carboxylic acids is 1. The van der Waals surface area contributed by atoms with Crippen LogP contribution in [0.1, 0.15) is 22.8 Å². The van der Waals surface area contributed by atoms with Gasteiger partial charge in [-0.25, -0.2) is 0 Å². The van der Waals surface area contributed by atoms with Crippen LogP contribution in [0.2, 0.25) is 0 Å². The number of aromatic amines is 1. The molecule has 0 saturated carbocycles. The minimum atomic E-state index is -0.292. The molecule has 1 N–H and O–H groups in total. The van der Waals surface area contributed by atoms with Crippen LogP contribution in [0, 0.1) is 0 Å². The van der Waals surface area contributed by atoms with Crippen LogP contribution >= 0.6 is 0 Å². The fourth-order valence-electron chi connectivity index (χ4n) is 3.08. The lowest BCUT2D eigenvalue weighted by Crippen LogP contribution is -2.31. The van der Waals surface area contributed by atoms with Crippen LogP contribution in [0.4, 0.5) is 0 Å². The highest BCUT2D eigenvalue weighted by Gasteiger charge is 2.19. The van der Waals surface area contributed by atoms with Gasteiger partial charge >= 0.3 is 0 Å². The van der Waals surface area contributed by atoms with E-state index in [-0.39, 0.29) is 11.5 Å². The lowest BCUT2D eigenvalue weighted by Gasteiger charge is -2.22. The lowest BCUT2D eigenvalue weighted by molar-refractivity contribution is 0.0754. The van der Waals surface area contributed by atoms with Crippen LogP contribution in [0.25, 0.3) is 10.9 Å². The quantitative estimate of drug-likeness (QED) is 0.727. The molecule has 0 aliphatic heterocycles. The van der Waals surface area contributed by atoms with Crippen molar-refractivity contribution in [3.8, 4) is 11.5 Å². The van der Waals surface area contributed by atoms with Crippen LogP contribution in [0.3, 0.4) is 0 Å². The standard InChI is InChI=1S/C21H22N2O4/c1-4-23(13-14-9-10-18(26-2)19(11-14)27-3)21(25)16-12-20(24)22-17-8-6-5-7-15(16)17/h5-12H,4,13H2,1-3H3,(H,22,24). The smallest absolute Gasteiger partial charge is 0.255 e. The number of ether oxygens (including phenoxy) is 2. The molecule has 3 aromatic rings. The summed E-state index contributed by atoms with van der Waals surface area (Å²) in [5.74, 6) is 1.06. The first kappa shape index (κ1) is 18.5. The van der Waals surface area contributed by atoms with Gasteiger partial charge in [-0.3, -0.25) is 9.59 Å². The van der Waals surface area contributed by atoms with Gasteiger partial charge in [0.1, 0.15) is 0 Å². The molecule has 0 atom stereocenters. The summed E-state index contributed by atoms with van der Waals surface area (Å²) in [5, 5.41) is 0.730. The van der Waals surface area contributed by atoms with Crippen LogP contribution in [-0.2, 0) is 6.54 Å². The van der Waals surface area contributed by atoms with Gasteiger partial charge in [0.2, 0.25) is 5.56 Å². The second kappa shape index (κ2) is 7.95. The molecular formula is C21H22N2O4. The van der Waals surface area contributed by atoms with Gasteiger partial charge in [0.15, 0.2) is 11.5 Å². The first-order valence-electron chi connectivity index (χ1n) is 8.69. The number of fused-ring (bicyclic) bond motifs is 1. The number of nitrogens with one attached hydrogen (secondary N) is 1. The summed E-state index contributed by atoms with van der Waals surface area (Å²) in [7, 11) is 3.16. The van der Waals surface area contributed by atoms with Gasteiger partial charge in [0, 0.05) is 30.1 Å². The van der Waals surface area contributed by atoms with E-state index in [2.05, 4.69) is 4.98 Å². The number of hydrogen-bond donors (Lipinski definition) is 1. The molecule has 0 aliphatic rings. The number of para-hydroxylation sites is 1. The number of carbonyl (C=O) groups is 1. The third-order valence-corrected chi connectivity index (χ3v) is 4.47. The average Bonchev–Trinajstić information content (AvgIpc) is 2.70. The molecule has 1 amide bonds. The molecule has 0 bridgehead atoms. The summed E-state index contributed by atoms with van der Waals surface area (Å²) in [5.41, 5.74) is 1.67. The maximum absolute atomic E-state index is 13.1. The normalized spacial score (nSPS) is 10.6. The summed E-state index contributed by atoms with van der Waals surface area (Å²) in [6.45, 7) is 2.82. The van der Waals surface area contributed by atoms with Crippen molar-refractivity contribution >= 4 is 16.8 Å². The number of methoxy groups -OCH3 is 2. The van der Waals surface area contributed by atoms with Gasteiger partial charge in [-0.15, -0.1) is 0 Å². The van der Waals surface area contributed by atoms with Gasteiger partial charge in [-0.05, 0) is 30.7 Å². The summed E-state index contributed by atoms with van der Waals surface area (Å²) < 4.78 is 10.6. The number of aromatic nitrogens is 1. The van der Waals surface area contributed by atoms with Crippen LogP contribution in [-0.4, -0.2) is 36.6 Å². The first-order chi connectivity index (χ1) is 13.1. The molecule has 3 rings (SSSR count). The first-order valence-corrected chi connectivity index (χ1v) is 8.69. The van der Waals surface area contributed by atoms with Crippen molar-refractivity contribution in [1.29, 1.82) is 0 Å². The fourth-order valence-corrected chi connectivity index (χ4v) is 3.08. The third-order valence-electron chi connectivity index (χ3n) is 4.47. The zero-order valence-electron chi connectivity index (χ0n) is 15.6. The highest BCUT2D eigenvalue weighted by molar-refractivity contribution is 6.05. The minimum Gasteiger partial charge on any atom is -0.493 e. The molecule has 2 aromatic carbocycles. The Morgan fingerprint density at radius 3 is 2.48 bits per heavy atom. The Balaban J connectivity index is 1.95. The van der Waals surface area contributed by atoms with Crippen molar-refractivity contribution in [1.82, 2.24) is 9.88 Å². The zero-order chi connectivity index (χ0) is 19.4. The SMILES string of the molecule is CCN(Cc1ccc(OC)c(OC)c1)C(=O)c1cc(=O)[nH]c2ccccc12. The van der Waals surface area contributed by atoms with E-state index in [4.69, 9.17) is 9.47 Å². The number of nitrogens with zero attached hydrogens (tertiary/aromatic N) is 1. The van der Waals surface area contributed by atoms with Gasteiger partial charge < -0.3 is 19.4 Å². The number of hydrogen-bond acceptors (Lipinski definition) is 4. The topological polar surface area (TPSA) is 71.6 Å². The molecule has 27 heavy (non-hydrogen) atoms. The second-order valence-electron chi connectivity index (χ2n) is 6.10. The minimum absolute atomic E-state index is 0.186. The Morgan fingerprint density at radius 1 is 1.04 bits per heavy atom. The van der Waals surface area contributed by atoms with Gasteiger partial charge in [-0.2, -0.15) is 0 Å². The van der Waals surface area contributed by atoms with Crippen molar-refractivity contribution < 1.29 is 14.3 Å². The number of H-pyrrole nitrogens is 1. The summed E-state index contributed by atoms with van der Waals surface area (Å²) in [6, 6.07) is 14.2. The van der Waals surface area contributed by atoms with E-state index in [9.17, 15) is 9.59 Å².